The molecule has 1 amide bonds. The maximum absolute atomic E-state index is 12.2. The van der Waals surface area contributed by atoms with Crippen LogP contribution >= 0.6 is 27.5 Å². The van der Waals surface area contributed by atoms with Crippen LogP contribution in [0.3, 0.4) is 0 Å². The Balaban J connectivity index is 2.01. The molecule has 1 unspecified atom stereocenters. The fraction of sp³-hybridized carbons (Fsp3) is 0.533. The van der Waals surface area contributed by atoms with Crippen LogP contribution in [0, 0.1) is 6.92 Å². The molecule has 2 nitrogen and oxygen atoms in total. The predicted molar refractivity (Wildman–Crippen MR) is 82.5 cm³/mol. The number of carbonyl (C=O) groups excluding carboxylic acids is 1. The number of amides is 1. The molecule has 1 atom stereocenters. The first kappa shape index (κ1) is 14.9. The summed E-state index contributed by atoms with van der Waals surface area (Å²) in [6.07, 6.45) is 5.83. The SMILES string of the molecule is Cc1ccc(C(Cl)C(=O)NC2CCCCC2)c(Br)c1. The van der Waals surface area contributed by atoms with E-state index in [0.717, 1.165) is 28.4 Å². The van der Waals surface area contributed by atoms with Gasteiger partial charge in [0.15, 0.2) is 0 Å². The molecule has 1 aromatic carbocycles. The molecular formula is C15H19BrClNO. The number of hydrogen-bond donors (Lipinski definition) is 1. The van der Waals surface area contributed by atoms with E-state index in [2.05, 4.69) is 21.2 Å². The van der Waals surface area contributed by atoms with Crippen molar-refractivity contribution in [3.05, 3.63) is 33.8 Å². The number of nitrogens with one attached hydrogen (secondary N) is 1. The molecule has 1 saturated carbocycles. The Morgan fingerprint density at radius 1 is 1.37 bits per heavy atom. The maximum atomic E-state index is 12.2. The smallest absolute Gasteiger partial charge is 0.242 e. The lowest BCUT2D eigenvalue weighted by Gasteiger charge is -2.24. The molecule has 1 aromatic rings. The molecule has 104 valence electrons. The van der Waals surface area contributed by atoms with Gasteiger partial charge >= 0.3 is 0 Å². The molecule has 1 N–H and O–H groups in total. The third-order valence-corrected chi connectivity index (χ3v) is 4.73. The van der Waals surface area contributed by atoms with E-state index >= 15 is 0 Å². The molecule has 0 bridgehead atoms. The van der Waals surface area contributed by atoms with Crippen LogP contribution in [-0.2, 0) is 4.79 Å². The lowest BCUT2D eigenvalue weighted by Crippen LogP contribution is -2.38. The molecule has 1 aliphatic rings. The lowest BCUT2D eigenvalue weighted by atomic mass is 9.95. The third kappa shape index (κ3) is 3.96. The summed E-state index contributed by atoms with van der Waals surface area (Å²) >= 11 is 9.77. The minimum atomic E-state index is -0.628. The van der Waals surface area contributed by atoms with Crippen molar-refractivity contribution in [2.75, 3.05) is 0 Å². The molecule has 1 fully saturated rings. The first-order valence-corrected chi connectivity index (χ1v) is 8.01. The Morgan fingerprint density at radius 3 is 2.68 bits per heavy atom. The molecule has 2 rings (SSSR count). The Morgan fingerprint density at radius 2 is 2.05 bits per heavy atom. The normalized spacial score (nSPS) is 18.1. The fourth-order valence-electron chi connectivity index (χ4n) is 2.50. The number of aryl methyl sites for hydroxylation is 1. The van der Waals surface area contributed by atoms with Crippen molar-refractivity contribution < 1.29 is 4.79 Å². The first-order chi connectivity index (χ1) is 9.08. The van der Waals surface area contributed by atoms with Crippen LogP contribution in [0.2, 0.25) is 0 Å². The van der Waals surface area contributed by atoms with Crippen molar-refractivity contribution in [2.45, 2.75) is 50.4 Å². The average Bonchev–Trinajstić information content (AvgIpc) is 2.39. The van der Waals surface area contributed by atoms with Gasteiger partial charge in [0.2, 0.25) is 5.91 Å². The van der Waals surface area contributed by atoms with Crippen LogP contribution in [0.5, 0.6) is 0 Å². The van der Waals surface area contributed by atoms with Crippen molar-refractivity contribution in [3.63, 3.8) is 0 Å². The highest BCUT2D eigenvalue weighted by atomic mass is 79.9. The van der Waals surface area contributed by atoms with Crippen molar-refractivity contribution in [2.24, 2.45) is 0 Å². The van der Waals surface area contributed by atoms with E-state index in [1.165, 1.54) is 19.3 Å². The van der Waals surface area contributed by atoms with Gasteiger partial charge in [-0.15, -0.1) is 11.6 Å². The number of carbonyl (C=O) groups is 1. The Kier molecular flexibility index (Phi) is 5.28. The van der Waals surface area contributed by atoms with Gasteiger partial charge in [0.25, 0.3) is 0 Å². The summed E-state index contributed by atoms with van der Waals surface area (Å²) in [5, 5.41) is 2.44. The van der Waals surface area contributed by atoms with Gasteiger partial charge in [-0.3, -0.25) is 4.79 Å². The van der Waals surface area contributed by atoms with E-state index in [9.17, 15) is 4.79 Å². The van der Waals surface area contributed by atoms with Crippen LogP contribution in [0.4, 0.5) is 0 Å². The molecule has 1 aliphatic carbocycles. The van der Waals surface area contributed by atoms with Gasteiger partial charge in [-0.05, 0) is 37.0 Å². The van der Waals surface area contributed by atoms with Crippen LogP contribution in [0.15, 0.2) is 22.7 Å². The van der Waals surface area contributed by atoms with Gasteiger partial charge in [-0.25, -0.2) is 0 Å². The average molecular weight is 345 g/mol. The quantitative estimate of drug-likeness (QED) is 0.804. The van der Waals surface area contributed by atoms with Crippen LogP contribution in [0.25, 0.3) is 0 Å². The summed E-state index contributed by atoms with van der Waals surface area (Å²) < 4.78 is 0.895. The highest BCUT2D eigenvalue weighted by molar-refractivity contribution is 9.10. The number of alkyl halides is 1. The van der Waals surface area contributed by atoms with E-state index in [4.69, 9.17) is 11.6 Å². The van der Waals surface area contributed by atoms with Gasteiger partial charge in [-0.1, -0.05) is 47.3 Å². The molecular weight excluding hydrogens is 326 g/mol. The topological polar surface area (TPSA) is 29.1 Å². The second-order valence-electron chi connectivity index (χ2n) is 5.23. The monoisotopic (exact) mass is 343 g/mol. The number of rotatable bonds is 3. The van der Waals surface area contributed by atoms with E-state index in [1.807, 2.05) is 25.1 Å². The van der Waals surface area contributed by atoms with Crippen molar-refractivity contribution in [3.8, 4) is 0 Å². The molecule has 0 heterocycles. The van der Waals surface area contributed by atoms with E-state index < -0.39 is 5.38 Å². The molecule has 0 saturated heterocycles. The largest absolute Gasteiger partial charge is 0.352 e. The first-order valence-electron chi connectivity index (χ1n) is 6.78. The molecule has 0 spiro atoms. The zero-order chi connectivity index (χ0) is 13.8. The highest BCUT2D eigenvalue weighted by Gasteiger charge is 2.23. The molecule has 4 heteroatoms. The van der Waals surface area contributed by atoms with Crippen LogP contribution in [0.1, 0.15) is 48.6 Å². The van der Waals surface area contributed by atoms with E-state index in [0.29, 0.717) is 6.04 Å². The van der Waals surface area contributed by atoms with Gasteiger partial charge in [0.1, 0.15) is 5.38 Å². The van der Waals surface area contributed by atoms with Crippen molar-refractivity contribution in [1.29, 1.82) is 0 Å². The van der Waals surface area contributed by atoms with E-state index in [1.54, 1.807) is 0 Å². The minimum absolute atomic E-state index is 0.0851. The maximum Gasteiger partial charge on any atom is 0.242 e. The van der Waals surface area contributed by atoms with Gasteiger partial charge < -0.3 is 5.32 Å². The van der Waals surface area contributed by atoms with Gasteiger partial charge in [0, 0.05) is 10.5 Å². The summed E-state index contributed by atoms with van der Waals surface area (Å²) in [5.74, 6) is -0.0851. The van der Waals surface area contributed by atoms with Gasteiger partial charge in [0.05, 0.1) is 0 Å². The number of hydrogen-bond acceptors (Lipinski definition) is 1. The van der Waals surface area contributed by atoms with Crippen LogP contribution < -0.4 is 5.32 Å². The van der Waals surface area contributed by atoms with Crippen molar-refractivity contribution in [1.82, 2.24) is 5.32 Å². The second kappa shape index (κ2) is 6.76. The lowest BCUT2D eigenvalue weighted by molar-refractivity contribution is -0.121. The predicted octanol–water partition coefficient (Wildman–Crippen LogP) is 4.49. The molecule has 0 aromatic heterocycles. The number of halogens is 2. The van der Waals surface area contributed by atoms with E-state index in [-0.39, 0.29) is 5.91 Å². The van der Waals surface area contributed by atoms with Crippen LogP contribution in [-0.4, -0.2) is 11.9 Å². The van der Waals surface area contributed by atoms with Gasteiger partial charge in [-0.2, -0.15) is 0 Å². The molecule has 19 heavy (non-hydrogen) atoms. The summed E-state index contributed by atoms with van der Waals surface area (Å²) in [5.41, 5.74) is 1.98. The molecule has 0 radical (unpaired) electrons. The summed E-state index contributed by atoms with van der Waals surface area (Å²) in [4.78, 5) is 12.2. The minimum Gasteiger partial charge on any atom is -0.352 e. The zero-order valence-electron chi connectivity index (χ0n) is 11.1. The fourth-order valence-corrected chi connectivity index (χ4v) is 3.61. The second-order valence-corrected chi connectivity index (χ2v) is 6.52. The zero-order valence-corrected chi connectivity index (χ0v) is 13.4. The van der Waals surface area contributed by atoms with Crippen molar-refractivity contribution >= 4 is 33.4 Å². The Bertz CT molecular complexity index is 457. The summed E-state index contributed by atoms with van der Waals surface area (Å²) in [6, 6.07) is 6.17. The summed E-state index contributed by atoms with van der Waals surface area (Å²) in [6.45, 7) is 2.01. The Labute approximate surface area is 128 Å². The molecule has 0 aliphatic heterocycles. The standard InChI is InChI=1S/C15H19BrClNO/c1-10-7-8-12(13(16)9-10)14(17)15(19)18-11-5-3-2-4-6-11/h7-9,11,14H,2-6H2,1H3,(H,18,19). The Hall–Kier alpha value is -0.540. The third-order valence-electron chi connectivity index (χ3n) is 3.61. The summed E-state index contributed by atoms with van der Waals surface area (Å²) in [7, 11) is 0. The highest BCUT2D eigenvalue weighted by Crippen LogP contribution is 2.29. The number of benzene rings is 1.